The van der Waals surface area contributed by atoms with Crippen molar-refractivity contribution in [2.45, 2.75) is 78.4 Å². The average molecular weight is 536 g/mol. The molecule has 3 aliphatic rings. The molecule has 0 spiro atoms. The van der Waals surface area contributed by atoms with Crippen molar-refractivity contribution in [2.24, 2.45) is 17.8 Å². The quantitative estimate of drug-likeness (QED) is 0.382. The van der Waals surface area contributed by atoms with Gasteiger partial charge in [-0.1, -0.05) is 39.0 Å². The van der Waals surface area contributed by atoms with Gasteiger partial charge in [0.05, 0.1) is 17.2 Å². The molecule has 0 aromatic heterocycles. The summed E-state index contributed by atoms with van der Waals surface area (Å²) in [6, 6.07) is 1.44. The van der Waals surface area contributed by atoms with E-state index in [4.69, 9.17) is 4.74 Å². The third-order valence-corrected chi connectivity index (χ3v) is 7.92. The Balaban J connectivity index is 1.91. The summed E-state index contributed by atoms with van der Waals surface area (Å²) < 4.78 is 5.83. The number of nitrogens with one attached hydrogen (secondary N) is 1. The van der Waals surface area contributed by atoms with Crippen LogP contribution in [-0.2, 0) is 19.9 Å². The molecule has 4 atom stereocenters. The molecule has 1 aliphatic carbocycles. The Hall–Kier alpha value is -3.52. The molecule has 0 unspecified atom stereocenters. The fraction of sp³-hybridized carbons (Fsp3) is 0.484. The highest BCUT2D eigenvalue weighted by molar-refractivity contribution is 6.17. The van der Waals surface area contributed by atoms with Crippen LogP contribution >= 0.6 is 0 Å². The van der Waals surface area contributed by atoms with Crippen molar-refractivity contribution in [1.29, 1.82) is 0 Å². The van der Waals surface area contributed by atoms with Crippen LogP contribution in [0.1, 0.15) is 91.6 Å². The number of carbonyl (C=O) groups excluding carboxylic acids is 4. The number of aromatic hydroxyl groups is 1. The first-order valence-corrected chi connectivity index (χ1v) is 13.6. The number of hydrogen-bond donors (Lipinski definition) is 3. The number of esters is 1. The standard InChI is InChI=1S/C31H37NO7/c1-6-19-8-7-9-20(12-16(2)3)39-30(37)18(5)14-22-29(36)32-25-15-24(34)26-21(31(22,25)38)13-17(4)28(35)27(26)23(33)11-10-19/h7-8,13-16,19-20,22,35,38H,6,9-12H2,1-5H3,(H,32,36)/b8-7+,18-14?/t19-,20+,22+,31-/m0/s1. The summed E-state index contributed by atoms with van der Waals surface area (Å²) in [6.07, 6.45) is 8.57. The largest absolute Gasteiger partial charge is 0.507 e. The molecule has 1 saturated heterocycles. The number of ketones is 2. The number of cyclic esters (lactones) is 1. The van der Waals surface area contributed by atoms with Gasteiger partial charge >= 0.3 is 5.97 Å². The number of carbonyl (C=O) groups is 4. The van der Waals surface area contributed by atoms with E-state index >= 15 is 0 Å². The molecule has 0 saturated carbocycles. The van der Waals surface area contributed by atoms with E-state index in [0.29, 0.717) is 24.8 Å². The van der Waals surface area contributed by atoms with E-state index in [1.807, 2.05) is 32.9 Å². The maximum Gasteiger partial charge on any atom is 0.333 e. The topological polar surface area (TPSA) is 130 Å². The molecule has 2 heterocycles. The van der Waals surface area contributed by atoms with Crippen LogP contribution in [0, 0.1) is 24.7 Å². The van der Waals surface area contributed by atoms with Crippen LogP contribution in [0.2, 0.25) is 0 Å². The first-order valence-electron chi connectivity index (χ1n) is 13.6. The molecular formula is C31H37NO7. The summed E-state index contributed by atoms with van der Waals surface area (Å²) in [6.45, 7) is 9.20. The average Bonchev–Trinajstić information content (AvgIpc) is 3.10. The van der Waals surface area contributed by atoms with E-state index in [2.05, 4.69) is 5.32 Å². The van der Waals surface area contributed by atoms with Gasteiger partial charge in [-0.05, 0) is 56.6 Å². The summed E-state index contributed by atoms with van der Waals surface area (Å²) in [5.74, 6) is -3.42. The van der Waals surface area contributed by atoms with E-state index in [1.165, 1.54) is 19.1 Å². The number of phenolic OH excluding ortho intramolecular Hbond substituents is 1. The molecule has 4 rings (SSSR count). The van der Waals surface area contributed by atoms with Gasteiger partial charge in [0, 0.05) is 35.6 Å². The normalized spacial score (nSPS) is 28.4. The van der Waals surface area contributed by atoms with Crippen LogP contribution in [0.15, 0.2) is 41.6 Å². The van der Waals surface area contributed by atoms with Crippen molar-refractivity contribution in [3.8, 4) is 5.75 Å². The number of hydrogen-bond acceptors (Lipinski definition) is 7. The number of amides is 1. The van der Waals surface area contributed by atoms with E-state index in [0.717, 1.165) is 12.5 Å². The minimum absolute atomic E-state index is 0.0262. The molecule has 208 valence electrons. The van der Waals surface area contributed by atoms with Crippen LogP contribution in [0.25, 0.3) is 0 Å². The van der Waals surface area contributed by atoms with Crippen LogP contribution in [0.4, 0.5) is 0 Å². The maximum absolute atomic E-state index is 13.5. The van der Waals surface area contributed by atoms with Gasteiger partial charge in [0.1, 0.15) is 17.5 Å². The van der Waals surface area contributed by atoms with Gasteiger partial charge in [0.25, 0.3) is 0 Å². The molecule has 3 N–H and O–H groups in total. The molecule has 39 heavy (non-hydrogen) atoms. The molecule has 0 radical (unpaired) electrons. The predicted molar refractivity (Wildman–Crippen MR) is 145 cm³/mol. The van der Waals surface area contributed by atoms with Crippen molar-refractivity contribution < 1.29 is 34.1 Å². The number of phenols is 1. The van der Waals surface area contributed by atoms with Crippen molar-refractivity contribution >= 4 is 23.4 Å². The Morgan fingerprint density at radius 3 is 2.54 bits per heavy atom. The lowest BCUT2D eigenvalue weighted by Crippen LogP contribution is -2.39. The van der Waals surface area contributed by atoms with Gasteiger partial charge < -0.3 is 20.3 Å². The highest BCUT2D eigenvalue weighted by atomic mass is 16.5. The maximum atomic E-state index is 13.5. The fourth-order valence-corrected chi connectivity index (χ4v) is 5.74. The van der Waals surface area contributed by atoms with Gasteiger partial charge in [0.2, 0.25) is 5.91 Å². The Bertz CT molecular complexity index is 1320. The molecule has 1 aromatic carbocycles. The first kappa shape index (κ1) is 28.5. The summed E-state index contributed by atoms with van der Waals surface area (Å²) in [4.78, 5) is 53.0. The molecule has 2 aliphatic heterocycles. The van der Waals surface area contributed by atoms with Crippen LogP contribution in [0.3, 0.4) is 0 Å². The molecular weight excluding hydrogens is 498 g/mol. The Labute approximate surface area is 228 Å². The second kappa shape index (κ2) is 10.9. The number of allylic oxidation sites excluding steroid dienone is 2. The lowest BCUT2D eigenvalue weighted by Gasteiger charge is -2.34. The molecule has 1 amide bonds. The van der Waals surface area contributed by atoms with Crippen LogP contribution in [0.5, 0.6) is 5.75 Å². The van der Waals surface area contributed by atoms with E-state index < -0.39 is 35.0 Å². The number of Topliss-reactive ketones (excluding diaryl/α,β-unsaturated/α-hetero) is 1. The van der Waals surface area contributed by atoms with E-state index in [9.17, 15) is 29.4 Å². The molecule has 1 fully saturated rings. The van der Waals surface area contributed by atoms with E-state index in [-0.39, 0.29) is 58.1 Å². The third-order valence-electron chi connectivity index (χ3n) is 7.92. The monoisotopic (exact) mass is 535 g/mol. The molecule has 1 aromatic rings. The van der Waals surface area contributed by atoms with Crippen molar-refractivity contribution in [3.63, 3.8) is 0 Å². The SMILES string of the molecule is CC[C@H]1/C=C/C[C@H](CC(C)C)OC(=O)C(C)=C[C@@H]2C(=O)NC3=CC(=O)c4c(cc(C)c(O)c4C(=O)CC1)[C@@]32O. The number of rotatable bonds is 3. The zero-order valence-electron chi connectivity index (χ0n) is 23.2. The third kappa shape index (κ3) is 5.22. The Kier molecular flexibility index (Phi) is 7.98. The second-order valence-electron chi connectivity index (χ2n) is 11.3. The summed E-state index contributed by atoms with van der Waals surface area (Å²) >= 11 is 0. The Morgan fingerprint density at radius 1 is 1.15 bits per heavy atom. The van der Waals surface area contributed by atoms with Gasteiger partial charge in [-0.25, -0.2) is 4.79 Å². The zero-order chi connectivity index (χ0) is 28.6. The number of aryl methyl sites for hydroxylation is 1. The number of aliphatic hydroxyl groups is 1. The number of ether oxygens (including phenoxy) is 1. The minimum Gasteiger partial charge on any atom is -0.507 e. The summed E-state index contributed by atoms with van der Waals surface area (Å²) in [5.41, 5.74) is -1.83. The summed E-state index contributed by atoms with van der Waals surface area (Å²) in [7, 11) is 0. The van der Waals surface area contributed by atoms with E-state index in [1.54, 1.807) is 6.92 Å². The van der Waals surface area contributed by atoms with Gasteiger partial charge in [-0.3, -0.25) is 14.4 Å². The van der Waals surface area contributed by atoms with Gasteiger partial charge in [-0.15, -0.1) is 0 Å². The molecule has 8 heteroatoms. The van der Waals surface area contributed by atoms with Crippen LogP contribution < -0.4 is 5.32 Å². The fourth-order valence-electron chi connectivity index (χ4n) is 5.74. The van der Waals surface area contributed by atoms with Crippen LogP contribution in [-0.4, -0.2) is 39.8 Å². The minimum atomic E-state index is -2.03. The van der Waals surface area contributed by atoms with Gasteiger partial charge in [-0.2, -0.15) is 0 Å². The van der Waals surface area contributed by atoms with Crippen molar-refractivity contribution in [3.05, 3.63) is 63.9 Å². The molecule has 8 nitrogen and oxygen atoms in total. The lowest BCUT2D eigenvalue weighted by atomic mass is 9.72. The first-order chi connectivity index (χ1) is 18.4. The smallest absolute Gasteiger partial charge is 0.333 e. The lowest BCUT2D eigenvalue weighted by molar-refractivity contribution is -0.144. The highest BCUT2D eigenvalue weighted by Gasteiger charge is 2.55. The van der Waals surface area contributed by atoms with Gasteiger partial charge in [0.15, 0.2) is 11.6 Å². The summed E-state index contributed by atoms with van der Waals surface area (Å²) in [5, 5.41) is 25.6. The zero-order valence-corrected chi connectivity index (χ0v) is 23.2. The van der Waals surface area contributed by atoms with Crippen molar-refractivity contribution in [1.82, 2.24) is 5.32 Å². The predicted octanol–water partition coefficient (Wildman–Crippen LogP) is 4.57. The molecule has 4 bridgehead atoms. The van der Waals surface area contributed by atoms with Crippen molar-refractivity contribution in [2.75, 3.05) is 0 Å². The number of benzene rings is 1. The second-order valence-corrected chi connectivity index (χ2v) is 11.3. The Morgan fingerprint density at radius 2 is 1.87 bits per heavy atom. The highest BCUT2D eigenvalue weighted by Crippen LogP contribution is 2.49.